The molecule has 24 heavy (non-hydrogen) atoms. The molecule has 2 unspecified atom stereocenters. The predicted octanol–water partition coefficient (Wildman–Crippen LogP) is 2.85. The number of aliphatic hydroxyl groups excluding tert-OH is 1. The van der Waals surface area contributed by atoms with Crippen LogP contribution in [0.5, 0.6) is 0 Å². The van der Waals surface area contributed by atoms with E-state index < -0.39 is 0 Å². The van der Waals surface area contributed by atoms with Crippen LogP contribution in [-0.4, -0.2) is 33.4 Å². The zero-order valence-electron chi connectivity index (χ0n) is 14.1. The summed E-state index contributed by atoms with van der Waals surface area (Å²) >= 11 is 0. The maximum absolute atomic E-state index is 12.7. The van der Waals surface area contributed by atoms with Gasteiger partial charge < -0.3 is 10.4 Å². The third-order valence-electron chi connectivity index (χ3n) is 4.87. The molecule has 128 valence electrons. The van der Waals surface area contributed by atoms with Gasteiger partial charge in [0, 0.05) is 24.8 Å². The van der Waals surface area contributed by atoms with Crippen LogP contribution in [0.1, 0.15) is 48.2 Å². The standard InChI is InChI=1S/C19H25N3O2/c1-14-17(12-22(21-14)16-9-5-3-6-10-16)19(24)20-18-11-7-2-4-8-15(18)13-23/h3,5-6,9-10,12,15,18,23H,2,4,7-8,11,13H2,1H3,(H,20,24). The summed E-state index contributed by atoms with van der Waals surface area (Å²) in [6.07, 6.45) is 7.09. The molecular formula is C19H25N3O2. The molecule has 5 heteroatoms. The minimum absolute atomic E-state index is 0.0458. The molecule has 1 saturated carbocycles. The van der Waals surface area contributed by atoms with Crippen molar-refractivity contribution >= 4 is 5.91 Å². The van der Waals surface area contributed by atoms with Gasteiger partial charge in [0.2, 0.25) is 0 Å². The summed E-state index contributed by atoms with van der Waals surface area (Å²) in [5.41, 5.74) is 2.24. The second-order valence-corrected chi connectivity index (χ2v) is 6.57. The Morgan fingerprint density at radius 2 is 2.00 bits per heavy atom. The molecule has 0 bridgehead atoms. The maximum Gasteiger partial charge on any atom is 0.254 e. The van der Waals surface area contributed by atoms with Gasteiger partial charge in [-0.05, 0) is 31.9 Å². The number of rotatable bonds is 4. The van der Waals surface area contributed by atoms with E-state index in [1.807, 2.05) is 37.3 Å². The Balaban J connectivity index is 1.76. The third-order valence-corrected chi connectivity index (χ3v) is 4.87. The quantitative estimate of drug-likeness (QED) is 0.849. The van der Waals surface area contributed by atoms with Gasteiger partial charge in [0.1, 0.15) is 0 Å². The minimum atomic E-state index is -0.0972. The van der Waals surface area contributed by atoms with E-state index in [1.165, 1.54) is 6.42 Å². The number of aryl methyl sites for hydroxylation is 1. The molecule has 1 aliphatic rings. The summed E-state index contributed by atoms with van der Waals surface area (Å²) in [7, 11) is 0. The number of hydrogen-bond acceptors (Lipinski definition) is 3. The van der Waals surface area contributed by atoms with Gasteiger partial charge in [-0.1, -0.05) is 37.5 Å². The van der Waals surface area contributed by atoms with Gasteiger partial charge in [0.25, 0.3) is 5.91 Å². The Labute approximate surface area is 142 Å². The van der Waals surface area contributed by atoms with Crippen molar-refractivity contribution in [3.05, 3.63) is 47.8 Å². The van der Waals surface area contributed by atoms with Crippen LogP contribution in [0.4, 0.5) is 0 Å². The Kier molecular flexibility index (Phi) is 5.30. The Hall–Kier alpha value is -2.14. The molecule has 0 radical (unpaired) electrons. The maximum atomic E-state index is 12.7. The lowest BCUT2D eigenvalue weighted by Gasteiger charge is -2.24. The lowest BCUT2D eigenvalue weighted by molar-refractivity contribution is 0.0899. The first-order chi connectivity index (χ1) is 11.7. The summed E-state index contributed by atoms with van der Waals surface area (Å²) < 4.78 is 1.74. The molecule has 2 aromatic rings. The van der Waals surface area contributed by atoms with E-state index in [0.717, 1.165) is 31.4 Å². The average molecular weight is 327 g/mol. The highest BCUT2D eigenvalue weighted by atomic mass is 16.3. The SMILES string of the molecule is Cc1nn(-c2ccccc2)cc1C(=O)NC1CCCCCC1CO. The van der Waals surface area contributed by atoms with E-state index in [2.05, 4.69) is 10.4 Å². The summed E-state index contributed by atoms with van der Waals surface area (Å²) in [6.45, 7) is 1.98. The molecule has 2 atom stereocenters. The van der Waals surface area contributed by atoms with Crippen molar-refractivity contribution < 1.29 is 9.90 Å². The minimum Gasteiger partial charge on any atom is -0.396 e. The Morgan fingerprint density at radius 3 is 2.75 bits per heavy atom. The highest BCUT2D eigenvalue weighted by molar-refractivity contribution is 5.95. The van der Waals surface area contributed by atoms with Crippen LogP contribution in [0, 0.1) is 12.8 Å². The Bertz CT molecular complexity index is 681. The largest absolute Gasteiger partial charge is 0.396 e. The number of hydrogen-bond donors (Lipinski definition) is 2. The zero-order valence-corrected chi connectivity index (χ0v) is 14.1. The molecular weight excluding hydrogens is 302 g/mol. The predicted molar refractivity (Wildman–Crippen MR) is 93.2 cm³/mol. The summed E-state index contributed by atoms with van der Waals surface area (Å²) in [4.78, 5) is 12.7. The Morgan fingerprint density at radius 1 is 1.25 bits per heavy atom. The highest BCUT2D eigenvalue weighted by Gasteiger charge is 2.26. The van der Waals surface area contributed by atoms with Gasteiger partial charge in [-0.25, -0.2) is 4.68 Å². The monoisotopic (exact) mass is 327 g/mol. The lowest BCUT2D eigenvalue weighted by Crippen LogP contribution is -2.41. The van der Waals surface area contributed by atoms with Crippen LogP contribution < -0.4 is 5.32 Å². The number of aliphatic hydroxyl groups is 1. The zero-order chi connectivity index (χ0) is 16.9. The number of nitrogens with zero attached hydrogens (tertiary/aromatic N) is 2. The molecule has 1 fully saturated rings. The van der Waals surface area contributed by atoms with Crippen molar-refractivity contribution in [1.29, 1.82) is 0 Å². The molecule has 1 aromatic carbocycles. The van der Waals surface area contributed by atoms with Crippen molar-refractivity contribution in [2.75, 3.05) is 6.61 Å². The molecule has 0 aliphatic heterocycles. The second-order valence-electron chi connectivity index (χ2n) is 6.57. The van der Waals surface area contributed by atoms with Crippen molar-refractivity contribution in [1.82, 2.24) is 15.1 Å². The van der Waals surface area contributed by atoms with Crippen molar-refractivity contribution in [3.8, 4) is 5.69 Å². The van der Waals surface area contributed by atoms with Crippen molar-refractivity contribution in [3.63, 3.8) is 0 Å². The van der Waals surface area contributed by atoms with E-state index in [0.29, 0.717) is 11.3 Å². The van der Waals surface area contributed by atoms with E-state index in [4.69, 9.17) is 0 Å². The van der Waals surface area contributed by atoms with Gasteiger partial charge in [0.15, 0.2) is 0 Å². The van der Waals surface area contributed by atoms with E-state index >= 15 is 0 Å². The molecule has 1 aliphatic carbocycles. The average Bonchev–Trinajstić information content (AvgIpc) is 2.85. The smallest absolute Gasteiger partial charge is 0.254 e. The second kappa shape index (κ2) is 7.62. The van der Waals surface area contributed by atoms with Crippen LogP contribution in [0.3, 0.4) is 0 Å². The summed E-state index contributed by atoms with van der Waals surface area (Å²) in [6, 6.07) is 9.81. The molecule has 1 amide bonds. The highest BCUT2D eigenvalue weighted by Crippen LogP contribution is 2.23. The molecule has 0 spiro atoms. The first-order valence-electron chi connectivity index (χ1n) is 8.72. The van der Waals surface area contributed by atoms with Crippen molar-refractivity contribution in [2.24, 2.45) is 5.92 Å². The number of para-hydroxylation sites is 1. The molecule has 1 aromatic heterocycles. The van der Waals surface area contributed by atoms with Gasteiger partial charge in [-0.2, -0.15) is 5.10 Å². The fourth-order valence-corrected chi connectivity index (χ4v) is 3.44. The molecule has 1 heterocycles. The molecule has 0 saturated heterocycles. The topological polar surface area (TPSA) is 67.2 Å². The molecule has 5 nitrogen and oxygen atoms in total. The van der Waals surface area contributed by atoms with Crippen LogP contribution in [0.15, 0.2) is 36.5 Å². The van der Waals surface area contributed by atoms with Gasteiger partial charge in [0.05, 0.1) is 16.9 Å². The summed E-state index contributed by atoms with van der Waals surface area (Å²) in [5, 5.41) is 17.2. The summed E-state index contributed by atoms with van der Waals surface area (Å²) in [5.74, 6) is 0.0564. The number of aromatic nitrogens is 2. The number of carbonyl (C=O) groups excluding carboxylic acids is 1. The first-order valence-corrected chi connectivity index (χ1v) is 8.72. The fourth-order valence-electron chi connectivity index (χ4n) is 3.44. The number of benzene rings is 1. The fraction of sp³-hybridized carbons (Fsp3) is 0.474. The number of amides is 1. The molecule has 3 rings (SSSR count). The lowest BCUT2D eigenvalue weighted by atomic mass is 9.95. The third kappa shape index (κ3) is 3.67. The van der Waals surface area contributed by atoms with Gasteiger partial charge in [-0.15, -0.1) is 0 Å². The van der Waals surface area contributed by atoms with Crippen LogP contribution in [0.25, 0.3) is 5.69 Å². The van der Waals surface area contributed by atoms with E-state index in [9.17, 15) is 9.90 Å². The van der Waals surface area contributed by atoms with Gasteiger partial charge >= 0.3 is 0 Å². The van der Waals surface area contributed by atoms with E-state index in [1.54, 1.807) is 10.9 Å². The van der Waals surface area contributed by atoms with Crippen LogP contribution in [0.2, 0.25) is 0 Å². The van der Waals surface area contributed by atoms with Crippen molar-refractivity contribution in [2.45, 2.75) is 45.1 Å². The first kappa shape index (κ1) is 16.7. The normalized spacial score (nSPS) is 21.2. The van der Waals surface area contributed by atoms with Gasteiger partial charge in [-0.3, -0.25) is 4.79 Å². The van der Waals surface area contributed by atoms with E-state index in [-0.39, 0.29) is 24.5 Å². The number of carbonyl (C=O) groups is 1. The van der Waals surface area contributed by atoms with Crippen LogP contribution >= 0.6 is 0 Å². The van der Waals surface area contributed by atoms with Crippen LogP contribution in [-0.2, 0) is 0 Å². The molecule has 2 N–H and O–H groups in total. The number of nitrogens with one attached hydrogen (secondary N) is 1.